The number of hydrogen-bond acceptors (Lipinski definition) is 5. The van der Waals surface area contributed by atoms with Gasteiger partial charge in [0.2, 0.25) is 0 Å². The highest BCUT2D eigenvalue weighted by Crippen LogP contribution is 2.21. The molecule has 2 aromatic rings. The van der Waals surface area contributed by atoms with Gasteiger partial charge in [-0.25, -0.2) is 4.98 Å². The van der Waals surface area contributed by atoms with Crippen LogP contribution in [-0.2, 0) is 6.54 Å². The first-order valence-electron chi connectivity index (χ1n) is 8.64. The van der Waals surface area contributed by atoms with Crippen LogP contribution in [-0.4, -0.2) is 46.8 Å². The van der Waals surface area contributed by atoms with Gasteiger partial charge in [0.1, 0.15) is 11.4 Å². The molecular weight excluding hydrogens is 330 g/mol. The summed E-state index contributed by atoms with van der Waals surface area (Å²) in [5.41, 5.74) is 0.300. The van der Waals surface area contributed by atoms with Crippen molar-refractivity contribution in [2.45, 2.75) is 32.9 Å². The van der Waals surface area contributed by atoms with Gasteiger partial charge in [0.25, 0.3) is 0 Å². The van der Waals surface area contributed by atoms with E-state index in [1.165, 1.54) is 10.4 Å². The molecule has 0 bridgehead atoms. The second-order valence-corrected chi connectivity index (χ2v) is 8.15. The molecule has 25 heavy (non-hydrogen) atoms. The van der Waals surface area contributed by atoms with E-state index in [0.29, 0.717) is 0 Å². The van der Waals surface area contributed by atoms with Crippen molar-refractivity contribution in [2.75, 3.05) is 31.1 Å². The highest BCUT2D eigenvalue weighted by Gasteiger charge is 2.19. The third-order valence-electron chi connectivity index (χ3n) is 4.19. The van der Waals surface area contributed by atoms with Crippen LogP contribution in [0.25, 0.3) is 0 Å². The number of rotatable bonds is 3. The van der Waals surface area contributed by atoms with E-state index in [4.69, 9.17) is 0 Å². The summed E-state index contributed by atoms with van der Waals surface area (Å²) in [6.07, 6.45) is 1.87. The average Bonchev–Trinajstić information content (AvgIpc) is 3.01. The Hall–Kier alpha value is -1.87. The summed E-state index contributed by atoms with van der Waals surface area (Å²) in [5.74, 6) is 7.05. The first-order valence-corrected chi connectivity index (χ1v) is 9.45. The Morgan fingerprint density at radius 3 is 2.64 bits per heavy atom. The predicted octanol–water partition coefficient (Wildman–Crippen LogP) is 2.90. The van der Waals surface area contributed by atoms with Crippen molar-refractivity contribution in [1.82, 2.24) is 9.88 Å². The van der Waals surface area contributed by atoms with E-state index in [1.54, 1.807) is 25.2 Å². The topological polar surface area (TPSA) is 39.6 Å². The number of nitrogens with zero attached hydrogens (tertiary/aromatic N) is 3. The zero-order valence-corrected chi connectivity index (χ0v) is 15.9. The number of thiophene rings is 1. The number of aliphatic hydroxyl groups is 1. The van der Waals surface area contributed by atoms with Gasteiger partial charge in [0.15, 0.2) is 0 Å². The molecule has 0 amide bonds. The molecule has 0 aliphatic carbocycles. The van der Waals surface area contributed by atoms with Crippen molar-refractivity contribution in [3.8, 4) is 11.8 Å². The minimum atomic E-state index is -0.940. The summed E-state index contributed by atoms with van der Waals surface area (Å²) < 4.78 is 0. The lowest BCUT2D eigenvalue weighted by Crippen LogP contribution is -2.46. The molecule has 2 aromatic heterocycles. The zero-order chi connectivity index (χ0) is 17.9. The van der Waals surface area contributed by atoms with E-state index >= 15 is 0 Å². The Bertz CT molecular complexity index is 774. The number of piperazine rings is 1. The van der Waals surface area contributed by atoms with Gasteiger partial charge < -0.3 is 10.0 Å². The summed E-state index contributed by atoms with van der Waals surface area (Å²) in [4.78, 5) is 11.7. The van der Waals surface area contributed by atoms with Crippen LogP contribution in [0.2, 0.25) is 0 Å². The maximum Gasteiger partial charge on any atom is 0.131 e. The molecule has 0 saturated carbocycles. The largest absolute Gasteiger partial charge is 0.378 e. The van der Waals surface area contributed by atoms with E-state index in [1.807, 2.05) is 18.3 Å². The SMILES string of the molecule is Cc1cccnc1N1CCN(Cc2ccc(C#CC(C)(C)O)s2)CC1. The van der Waals surface area contributed by atoms with Crippen LogP contribution in [0.3, 0.4) is 0 Å². The molecule has 0 radical (unpaired) electrons. The zero-order valence-electron chi connectivity index (χ0n) is 15.1. The van der Waals surface area contributed by atoms with Crippen LogP contribution >= 0.6 is 11.3 Å². The predicted molar refractivity (Wildman–Crippen MR) is 104 cm³/mol. The molecule has 1 fully saturated rings. The number of anilines is 1. The Labute approximate surface area is 154 Å². The molecule has 4 nitrogen and oxygen atoms in total. The fourth-order valence-corrected chi connectivity index (χ4v) is 3.80. The smallest absolute Gasteiger partial charge is 0.131 e. The van der Waals surface area contributed by atoms with Gasteiger partial charge in [-0.3, -0.25) is 4.90 Å². The van der Waals surface area contributed by atoms with Crippen molar-refractivity contribution in [1.29, 1.82) is 0 Å². The van der Waals surface area contributed by atoms with Gasteiger partial charge >= 0.3 is 0 Å². The van der Waals surface area contributed by atoms with E-state index < -0.39 is 5.60 Å². The molecular formula is C20H25N3OS. The molecule has 0 unspecified atom stereocenters. The van der Waals surface area contributed by atoms with Crippen LogP contribution in [0.5, 0.6) is 0 Å². The van der Waals surface area contributed by atoms with Crippen LogP contribution in [0.4, 0.5) is 5.82 Å². The van der Waals surface area contributed by atoms with Crippen molar-refractivity contribution < 1.29 is 5.11 Å². The number of hydrogen-bond donors (Lipinski definition) is 1. The maximum absolute atomic E-state index is 9.70. The second kappa shape index (κ2) is 7.57. The second-order valence-electron chi connectivity index (χ2n) is 6.98. The molecule has 1 saturated heterocycles. The van der Waals surface area contributed by atoms with Crippen molar-refractivity contribution >= 4 is 17.2 Å². The van der Waals surface area contributed by atoms with Gasteiger partial charge in [0, 0.05) is 43.8 Å². The third kappa shape index (κ3) is 5.05. The molecule has 0 aromatic carbocycles. The minimum Gasteiger partial charge on any atom is -0.378 e. The molecule has 3 rings (SSSR count). The van der Waals surface area contributed by atoms with Gasteiger partial charge in [0.05, 0.1) is 4.88 Å². The molecule has 5 heteroatoms. The molecule has 3 heterocycles. The standard InChI is InChI=1S/C20H25N3OS/c1-16-5-4-10-21-19(16)23-13-11-22(12-14-23)15-18-7-6-17(25-18)8-9-20(2,3)24/h4-7,10,24H,11-15H2,1-3H3. The Balaban J connectivity index is 1.55. The number of pyridine rings is 1. The number of aromatic nitrogens is 1. The van der Waals surface area contributed by atoms with Crippen LogP contribution < -0.4 is 4.90 Å². The summed E-state index contributed by atoms with van der Waals surface area (Å²) in [6.45, 7) is 10.6. The van der Waals surface area contributed by atoms with Crippen molar-refractivity contribution in [3.63, 3.8) is 0 Å². The summed E-state index contributed by atoms with van der Waals surface area (Å²) >= 11 is 1.71. The highest BCUT2D eigenvalue weighted by molar-refractivity contribution is 7.12. The summed E-state index contributed by atoms with van der Waals surface area (Å²) in [5, 5.41) is 9.70. The van der Waals surface area contributed by atoms with E-state index in [2.05, 4.69) is 45.7 Å². The number of aryl methyl sites for hydroxylation is 1. The van der Waals surface area contributed by atoms with E-state index in [0.717, 1.165) is 43.4 Å². The Kier molecular flexibility index (Phi) is 5.43. The Morgan fingerprint density at radius 1 is 1.20 bits per heavy atom. The fourth-order valence-electron chi connectivity index (χ4n) is 2.89. The molecule has 1 N–H and O–H groups in total. The third-order valence-corrected chi connectivity index (χ3v) is 5.17. The molecule has 132 valence electrons. The van der Waals surface area contributed by atoms with Crippen LogP contribution in [0, 0.1) is 18.8 Å². The lowest BCUT2D eigenvalue weighted by Gasteiger charge is -2.35. The fraction of sp³-hybridized carbons (Fsp3) is 0.450. The first kappa shape index (κ1) is 17.9. The first-order chi connectivity index (χ1) is 11.9. The van der Waals surface area contributed by atoms with E-state index in [9.17, 15) is 5.11 Å². The lowest BCUT2D eigenvalue weighted by molar-refractivity contribution is 0.143. The van der Waals surface area contributed by atoms with Gasteiger partial charge in [-0.05, 0) is 44.5 Å². The minimum absolute atomic E-state index is 0.940. The highest BCUT2D eigenvalue weighted by atomic mass is 32.1. The van der Waals surface area contributed by atoms with Crippen molar-refractivity contribution in [3.05, 3.63) is 45.8 Å². The van der Waals surface area contributed by atoms with Gasteiger partial charge in [-0.2, -0.15) is 0 Å². The van der Waals surface area contributed by atoms with Crippen LogP contribution in [0.1, 0.15) is 29.2 Å². The quantitative estimate of drug-likeness (QED) is 0.860. The van der Waals surface area contributed by atoms with E-state index in [-0.39, 0.29) is 0 Å². The summed E-state index contributed by atoms with van der Waals surface area (Å²) in [7, 11) is 0. The molecule has 1 aliphatic rings. The maximum atomic E-state index is 9.70. The Morgan fingerprint density at radius 2 is 1.96 bits per heavy atom. The normalized spacial score (nSPS) is 15.8. The molecule has 0 spiro atoms. The van der Waals surface area contributed by atoms with Crippen molar-refractivity contribution in [2.24, 2.45) is 0 Å². The van der Waals surface area contributed by atoms with Crippen LogP contribution in [0.15, 0.2) is 30.5 Å². The van der Waals surface area contributed by atoms with Gasteiger partial charge in [-0.1, -0.05) is 17.9 Å². The molecule has 0 atom stereocenters. The monoisotopic (exact) mass is 355 g/mol. The average molecular weight is 356 g/mol. The molecule has 1 aliphatic heterocycles. The van der Waals surface area contributed by atoms with Gasteiger partial charge in [-0.15, -0.1) is 11.3 Å². The summed E-state index contributed by atoms with van der Waals surface area (Å²) in [6, 6.07) is 8.31. The lowest BCUT2D eigenvalue weighted by atomic mass is 10.1.